The van der Waals surface area contributed by atoms with Gasteiger partial charge in [0.1, 0.15) is 12.7 Å². The predicted molar refractivity (Wildman–Crippen MR) is 64.8 cm³/mol. The van der Waals surface area contributed by atoms with E-state index in [1.807, 2.05) is 0 Å². The Bertz CT molecular complexity index is 195. The summed E-state index contributed by atoms with van der Waals surface area (Å²) < 4.78 is 13.4. The van der Waals surface area contributed by atoms with Crippen molar-refractivity contribution in [2.45, 2.75) is 45.6 Å². The molecular formula is C12H22O6. The van der Waals surface area contributed by atoms with Crippen molar-refractivity contribution in [3.63, 3.8) is 0 Å². The number of carbonyl (C=O) groups excluding carboxylic acids is 3. The van der Waals surface area contributed by atoms with E-state index in [0.29, 0.717) is 26.0 Å². The lowest BCUT2D eigenvalue weighted by molar-refractivity contribution is -0.143. The first-order valence-electron chi connectivity index (χ1n) is 5.96. The second-order valence-corrected chi connectivity index (χ2v) is 3.33. The molecule has 0 amide bonds. The number of unbranched alkanes of at least 4 members (excludes halogenated alkanes) is 2. The fraction of sp³-hybridized carbons (Fsp3) is 0.750. The molecule has 18 heavy (non-hydrogen) atoms. The Morgan fingerprint density at radius 1 is 0.944 bits per heavy atom. The van der Waals surface area contributed by atoms with E-state index < -0.39 is 0 Å². The van der Waals surface area contributed by atoms with Gasteiger partial charge in [-0.15, -0.1) is 0 Å². The van der Waals surface area contributed by atoms with Gasteiger partial charge in [0.05, 0.1) is 6.61 Å². The van der Waals surface area contributed by atoms with Crippen LogP contribution in [0.4, 0.5) is 0 Å². The summed E-state index contributed by atoms with van der Waals surface area (Å²) in [6.07, 6.45) is 3.66. The molecule has 106 valence electrons. The maximum Gasteiger partial charge on any atom is 0.293 e. The monoisotopic (exact) mass is 262 g/mol. The highest BCUT2D eigenvalue weighted by molar-refractivity contribution is 5.38. The minimum Gasteiger partial charge on any atom is -0.468 e. The van der Waals surface area contributed by atoms with Crippen LogP contribution in [0.1, 0.15) is 39.5 Å². The van der Waals surface area contributed by atoms with E-state index in [-0.39, 0.29) is 12.7 Å². The number of ether oxygens (including phenoxy) is 3. The molecule has 0 rings (SSSR count). The van der Waals surface area contributed by atoms with E-state index in [9.17, 15) is 14.4 Å². The predicted octanol–water partition coefficient (Wildman–Crippen LogP) is 1.46. The Hall–Kier alpha value is -1.59. The van der Waals surface area contributed by atoms with E-state index in [4.69, 9.17) is 4.74 Å². The molecule has 0 saturated carbocycles. The van der Waals surface area contributed by atoms with Gasteiger partial charge in [0.25, 0.3) is 19.4 Å². The summed E-state index contributed by atoms with van der Waals surface area (Å²) in [7, 11) is 0. The van der Waals surface area contributed by atoms with E-state index in [2.05, 4.69) is 16.4 Å². The zero-order valence-electron chi connectivity index (χ0n) is 11.0. The van der Waals surface area contributed by atoms with Crippen LogP contribution in [0.25, 0.3) is 0 Å². The van der Waals surface area contributed by atoms with Crippen molar-refractivity contribution in [2.24, 2.45) is 0 Å². The van der Waals surface area contributed by atoms with Gasteiger partial charge in [0.15, 0.2) is 0 Å². The third-order valence-corrected chi connectivity index (χ3v) is 1.96. The Labute approximate surface area is 108 Å². The maximum absolute atomic E-state index is 10.0. The van der Waals surface area contributed by atoms with Crippen LogP contribution in [0.15, 0.2) is 0 Å². The molecule has 1 atom stereocenters. The lowest BCUT2D eigenvalue weighted by Crippen LogP contribution is -2.19. The molecule has 0 spiro atoms. The van der Waals surface area contributed by atoms with Crippen LogP contribution in [0, 0.1) is 0 Å². The second-order valence-electron chi connectivity index (χ2n) is 3.33. The molecular weight excluding hydrogens is 240 g/mol. The normalized spacial score (nSPS) is 10.3. The van der Waals surface area contributed by atoms with Gasteiger partial charge >= 0.3 is 0 Å². The number of rotatable bonds is 11. The molecule has 0 aromatic rings. The molecule has 6 nitrogen and oxygen atoms in total. The van der Waals surface area contributed by atoms with Gasteiger partial charge in [-0.1, -0.05) is 19.8 Å². The summed E-state index contributed by atoms with van der Waals surface area (Å²) in [4.78, 5) is 29.1. The van der Waals surface area contributed by atoms with E-state index in [1.165, 1.54) is 0 Å². The number of hydrogen-bond donors (Lipinski definition) is 0. The van der Waals surface area contributed by atoms with Gasteiger partial charge in [-0.05, 0) is 19.8 Å². The minimum atomic E-state index is -0.283. The lowest BCUT2D eigenvalue weighted by Gasteiger charge is -2.12. The fourth-order valence-corrected chi connectivity index (χ4v) is 1.11. The first-order valence-corrected chi connectivity index (χ1v) is 5.96. The van der Waals surface area contributed by atoms with Crippen LogP contribution in [0.3, 0.4) is 0 Å². The molecule has 0 saturated heterocycles. The summed E-state index contributed by atoms with van der Waals surface area (Å²) >= 11 is 0. The van der Waals surface area contributed by atoms with Crippen molar-refractivity contribution in [1.82, 2.24) is 0 Å². The van der Waals surface area contributed by atoms with Crippen molar-refractivity contribution in [1.29, 1.82) is 0 Å². The van der Waals surface area contributed by atoms with Gasteiger partial charge in [0, 0.05) is 0 Å². The second kappa shape index (κ2) is 17.8. The molecule has 0 aliphatic heterocycles. The third kappa shape index (κ3) is 16.8. The van der Waals surface area contributed by atoms with Crippen LogP contribution < -0.4 is 0 Å². The number of hydrogen-bond acceptors (Lipinski definition) is 6. The average molecular weight is 262 g/mol. The SMILES string of the molecule is CCCCCC(COC=O)OC=O.CCOC=O. The van der Waals surface area contributed by atoms with Crippen LogP contribution in [-0.4, -0.2) is 38.7 Å². The highest BCUT2D eigenvalue weighted by Gasteiger charge is 2.08. The largest absolute Gasteiger partial charge is 0.468 e. The molecule has 0 aromatic carbocycles. The molecule has 0 aliphatic carbocycles. The Morgan fingerprint density at radius 2 is 1.61 bits per heavy atom. The highest BCUT2D eigenvalue weighted by Crippen LogP contribution is 2.06. The molecule has 0 aliphatic rings. The maximum atomic E-state index is 10.0. The molecule has 6 heteroatoms. The quantitative estimate of drug-likeness (QED) is 0.318. The van der Waals surface area contributed by atoms with E-state index >= 15 is 0 Å². The Morgan fingerprint density at radius 3 is 2.00 bits per heavy atom. The average Bonchev–Trinajstić information content (AvgIpc) is 2.38. The van der Waals surface area contributed by atoms with Crippen molar-refractivity contribution in [3.8, 4) is 0 Å². The van der Waals surface area contributed by atoms with Crippen LogP contribution >= 0.6 is 0 Å². The molecule has 0 bridgehead atoms. The fourth-order valence-electron chi connectivity index (χ4n) is 1.11. The summed E-state index contributed by atoms with van der Waals surface area (Å²) in [5.41, 5.74) is 0. The van der Waals surface area contributed by atoms with Crippen molar-refractivity contribution >= 4 is 19.4 Å². The van der Waals surface area contributed by atoms with Gasteiger partial charge in [-0.25, -0.2) is 0 Å². The van der Waals surface area contributed by atoms with E-state index in [1.54, 1.807) is 6.92 Å². The zero-order valence-corrected chi connectivity index (χ0v) is 11.0. The van der Waals surface area contributed by atoms with Crippen molar-refractivity contribution in [2.75, 3.05) is 13.2 Å². The molecule has 0 aromatic heterocycles. The Kier molecular flexibility index (Phi) is 18.6. The van der Waals surface area contributed by atoms with Crippen molar-refractivity contribution < 1.29 is 28.6 Å². The smallest absolute Gasteiger partial charge is 0.293 e. The topological polar surface area (TPSA) is 78.9 Å². The van der Waals surface area contributed by atoms with Gasteiger partial charge < -0.3 is 14.2 Å². The Balaban J connectivity index is 0. The molecule has 0 fully saturated rings. The van der Waals surface area contributed by atoms with Crippen LogP contribution in [0.2, 0.25) is 0 Å². The highest BCUT2D eigenvalue weighted by atomic mass is 16.6. The zero-order chi connectivity index (χ0) is 14.1. The molecule has 0 radical (unpaired) electrons. The molecule has 0 N–H and O–H groups in total. The van der Waals surface area contributed by atoms with Crippen molar-refractivity contribution in [3.05, 3.63) is 0 Å². The van der Waals surface area contributed by atoms with E-state index in [0.717, 1.165) is 25.7 Å². The lowest BCUT2D eigenvalue weighted by atomic mass is 10.1. The minimum absolute atomic E-state index is 0.159. The summed E-state index contributed by atoms with van der Waals surface area (Å²) in [6.45, 7) is 5.67. The van der Waals surface area contributed by atoms with Gasteiger partial charge in [-0.3, -0.25) is 14.4 Å². The molecule has 0 heterocycles. The van der Waals surface area contributed by atoms with Crippen LogP contribution in [0.5, 0.6) is 0 Å². The summed E-state index contributed by atoms with van der Waals surface area (Å²) in [6, 6.07) is 0. The first kappa shape index (κ1) is 18.8. The molecule has 1 unspecified atom stereocenters. The summed E-state index contributed by atoms with van der Waals surface area (Å²) in [5, 5.41) is 0. The number of carbonyl (C=O) groups is 3. The third-order valence-electron chi connectivity index (χ3n) is 1.96. The summed E-state index contributed by atoms with van der Waals surface area (Å²) in [5.74, 6) is 0. The first-order chi connectivity index (χ1) is 8.76. The van der Waals surface area contributed by atoms with Gasteiger partial charge in [-0.2, -0.15) is 0 Å². The van der Waals surface area contributed by atoms with Crippen LogP contribution in [-0.2, 0) is 28.6 Å². The van der Waals surface area contributed by atoms with Gasteiger partial charge in [0.2, 0.25) is 0 Å². The standard InChI is InChI=1S/C9H16O4.C3H6O2/c1-2-3-4-5-9(13-8-11)6-12-7-10;1-2-5-3-4/h7-9H,2-6H2,1H3;3H,2H2,1H3.